The van der Waals surface area contributed by atoms with Crippen LogP contribution in [0, 0.1) is 19.8 Å². The van der Waals surface area contributed by atoms with Crippen LogP contribution in [0.2, 0.25) is 0 Å². The average molecular weight is 586 g/mol. The highest BCUT2D eigenvalue weighted by Gasteiger charge is 2.38. The Morgan fingerprint density at radius 3 is 2.20 bits per heavy atom. The van der Waals surface area contributed by atoms with Gasteiger partial charge in [0.2, 0.25) is 0 Å². The number of anilines is 2. The Labute approximate surface area is 231 Å². The van der Waals surface area contributed by atoms with Crippen molar-refractivity contribution in [3.8, 4) is 0 Å². The highest BCUT2D eigenvalue weighted by atomic mass is 32.2. The number of nitrogens with zero attached hydrogens (tertiary/aromatic N) is 2. The molecule has 2 aromatic rings. The minimum absolute atomic E-state index is 0.0576. The normalized spacial score (nSPS) is 18.1. The largest absolute Gasteiger partial charge is 0.490 e. The summed E-state index contributed by atoms with van der Waals surface area (Å²) in [5, 5.41) is 16.6. The summed E-state index contributed by atoms with van der Waals surface area (Å²) in [4.78, 5) is 25.4. The van der Waals surface area contributed by atoms with E-state index in [1.165, 1.54) is 18.9 Å². The van der Waals surface area contributed by atoms with Gasteiger partial charge in [-0.15, -0.1) is 0 Å². The number of carbonyl (C=O) groups is 2. The second kappa shape index (κ2) is 12.9. The second-order valence-corrected chi connectivity index (χ2v) is 11.8. The lowest BCUT2D eigenvalue weighted by molar-refractivity contribution is -0.192. The lowest BCUT2D eigenvalue weighted by Crippen LogP contribution is -2.40. The Bertz CT molecular complexity index is 1330. The number of nitrogens with one attached hydrogen (secondary N) is 1. The molecular weight excluding hydrogens is 551 g/mol. The van der Waals surface area contributed by atoms with Crippen LogP contribution >= 0.6 is 0 Å². The van der Waals surface area contributed by atoms with Crippen LogP contribution in [-0.2, 0) is 14.8 Å². The predicted molar refractivity (Wildman–Crippen MR) is 144 cm³/mol. The van der Waals surface area contributed by atoms with E-state index in [1.54, 1.807) is 30.3 Å². The highest BCUT2D eigenvalue weighted by molar-refractivity contribution is 7.92. The number of piperidine rings is 1. The first kappa shape index (κ1) is 31.2. The van der Waals surface area contributed by atoms with Gasteiger partial charge in [-0.2, -0.15) is 13.2 Å². The van der Waals surface area contributed by atoms with E-state index in [-0.39, 0.29) is 10.5 Å². The fourth-order valence-electron chi connectivity index (χ4n) is 4.87. The average Bonchev–Trinajstić information content (AvgIpc) is 3.38. The van der Waals surface area contributed by atoms with Gasteiger partial charge in [-0.1, -0.05) is 6.07 Å². The number of rotatable bonds is 7. The van der Waals surface area contributed by atoms with Gasteiger partial charge >= 0.3 is 18.1 Å². The molecule has 4 rings (SSSR count). The van der Waals surface area contributed by atoms with E-state index in [9.17, 15) is 31.5 Å². The lowest BCUT2D eigenvalue weighted by Gasteiger charge is -2.37. The third-order valence-electron chi connectivity index (χ3n) is 7.09. The monoisotopic (exact) mass is 585 g/mol. The molecule has 3 N–H and O–H groups in total. The number of carboxylic acids is 2. The molecule has 0 bridgehead atoms. The molecule has 13 heteroatoms. The molecule has 0 spiro atoms. The summed E-state index contributed by atoms with van der Waals surface area (Å²) in [6, 6.07) is 9.73. The van der Waals surface area contributed by atoms with Crippen molar-refractivity contribution in [1.29, 1.82) is 0 Å². The van der Waals surface area contributed by atoms with Crippen molar-refractivity contribution >= 4 is 33.3 Å². The van der Waals surface area contributed by atoms with E-state index >= 15 is 0 Å². The number of halogens is 3. The molecule has 0 radical (unpaired) electrons. The molecule has 40 heavy (non-hydrogen) atoms. The van der Waals surface area contributed by atoms with Crippen molar-refractivity contribution in [3.05, 3.63) is 53.1 Å². The molecular formula is C27H34F3N3O6S. The molecule has 2 fully saturated rings. The van der Waals surface area contributed by atoms with Gasteiger partial charge in [0.25, 0.3) is 10.0 Å². The molecule has 2 aliphatic heterocycles. The van der Waals surface area contributed by atoms with Crippen LogP contribution in [-0.4, -0.2) is 74.4 Å². The predicted octanol–water partition coefficient (Wildman–Crippen LogP) is 4.75. The van der Waals surface area contributed by atoms with E-state index in [2.05, 4.69) is 14.5 Å². The summed E-state index contributed by atoms with van der Waals surface area (Å²) < 4.78 is 60.8. The van der Waals surface area contributed by atoms with Crippen molar-refractivity contribution in [2.45, 2.75) is 50.6 Å². The Balaban J connectivity index is 0.000000559. The van der Waals surface area contributed by atoms with Crippen molar-refractivity contribution < 1.29 is 41.4 Å². The first-order valence-electron chi connectivity index (χ1n) is 12.9. The summed E-state index contributed by atoms with van der Waals surface area (Å²) in [6.45, 7) is 8.84. The molecule has 0 aromatic heterocycles. The fourth-order valence-corrected chi connectivity index (χ4v) is 6.02. The molecule has 0 aliphatic carbocycles. The summed E-state index contributed by atoms with van der Waals surface area (Å²) in [5.74, 6) is -3.33. The third kappa shape index (κ3) is 8.34. The number of carboxylic acid groups (broad SMARTS) is 2. The van der Waals surface area contributed by atoms with Crippen molar-refractivity contribution in [2.24, 2.45) is 5.92 Å². The van der Waals surface area contributed by atoms with Gasteiger partial charge < -0.3 is 20.0 Å². The minimum Gasteiger partial charge on any atom is -0.478 e. The van der Waals surface area contributed by atoms with Gasteiger partial charge in [-0.3, -0.25) is 4.72 Å². The van der Waals surface area contributed by atoms with Crippen LogP contribution in [0.5, 0.6) is 0 Å². The highest BCUT2D eigenvalue weighted by Crippen LogP contribution is 2.33. The summed E-state index contributed by atoms with van der Waals surface area (Å²) in [6.07, 6.45) is -0.374. The van der Waals surface area contributed by atoms with E-state index in [1.807, 2.05) is 13.8 Å². The van der Waals surface area contributed by atoms with Crippen molar-refractivity contribution in [2.75, 3.05) is 42.3 Å². The molecule has 2 saturated heterocycles. The maximum Gasteiger partial charge on any atom is 0.490 e. The van der Waals surface area contributed by atoms with Crippen LogP contribution in [0.25, 0.3) is 0 Å². The van der Waals surface area contributed by atoms with Crippen LogP contribution in [0.3, 0.4) is 0 Å². The molecule has 1 atom stereocenters. The number of benzene rings is 2. The summed E-state index contributed by atoms with van der Waals surface area (Å²) in [7, 11) is -3.87. The SMILES string of the molecule is Cc1ccc(S(=O)(=O)Nc2cc(C(=O)O)ccc2N2CCCC(CN3CCCC3)C2)cc1C.O=C(O)C(F)(F)F. The number of sulfonamides is 1. The van der Waals surface area contributed by atoms with Gasteiger partial charge in [0.15, 0.2) is 0 Å². The fraction of sp³-hybridized carbons (Fsp3) is 0.481. The van der Waals surface area contributed by atoms with Crippen LogP contribution in [0.15, 0.2) is 41.3 Å². The van der Waals surface area contributed by atoms with Gasteiger partial charge in [0, 0.05) is 19.6 Å². The molecule has 9 nitrogen and oxygen atoms in total. The van der Waals surface area contributed by atoms with Crippen molar-refractivity contribution in [3.63, 3.8) is 0 Å². The third-order valence-corrected chi connectivity index (χ3v) is 8.46. The zero-order valence-electron chi connectivity index (χ0n) is 22.4. The smallest absolute Gasteiger partial charge is 0.478 e. The minimum atomic E-state index is -5.08. The van der Waals surface area contributed by atoms with Crippen LogP contribution in [0.1, 0.15) is 47.2 Å². The van der Waals surface area contributed by atoms with Gasteiger partial charge in [0.1, 0.15) is 0 Å². The molecule has 1 unspecified atom stereocenters. The Morgan fingerprint density at radius 2 is 1.62 bits per heavy atom. The lowest BCUT2D eigenvalue weighted by atomic mass is 9.96. The topological polar surface area (TPSA) is 127 Å². The van der Waals surface area contributed by atoms with Gasteiger partial charge in [0.05, 0.1) is 21.8 Å². The zero-order chi connectivity index (χ0) is 29.7. The van der Waals surface area contributed by atoms with Crippen LogP contribution < -0.4 is 9.62 Å². The molecule has 220 valence electrons. The summed E-state index contributed by atoms with van der Waals surface area (Å²) in [5.41, 5.74) is 3.01. The Hall–Kier alpha value is -3.32. The number of aromatic carboxylic acids is 1. The number of aryl methyl sites for hydroxylation is 2. The van der Waals surface area contributed by atoms with Gasteiger partial charge in [-0.25, -0.2) is 18.0 Å². The molecule has 2 heterocycles. The summed E-state index contributed by atoms with van der Waals surface area (Å²) >= 11 is 0. The molecule has 2 aromatic carbocycles. The maximum atomic E-state index is 13.2. The maximum absolute atomic E-state index is 13.2. The zero-order valence-corrected chi connectivity index (χ0v) is 23.2. The standard InChI is InChI=1S/C25H33N3O4S.C2HF3O2/c1-18-7-9-22(14-19(18)2)33(31,32)26-23-15-21(25(29)30)8-10-24(23)28-13-5-6-20(17-28)16-27-11-3-4-12-27;3-2(4,5)1(6)7/h7-10,14-15,20,26H,3-6,11-13,16-17H2,1-2H3,(H,29,30);(H,6,7). The molecule has 2 aliphatic rings. The van der Waals surface area contributed by atoms with E-state index in [4.69, 9.17) is 9.90 Å². The Kier molecular flexibility index (Phi) is 10.1. The number of hydrogen-bond donors (Lipinski definition) is 3. The number of hydrogen-bond acceptors (Lipinski definition) is 6. The van der Waals surface area contributed by atoms with Crippen molar-refractivity contribution in [1.82, 2.24) is 4.90 Å². The Morgan fingerprint density at radius 1 is 0.975 bits per heavy atom. The number of alkyl halides is 3. The van der Waals surface area contributed by atoms with Gasteiger partial charge in [-0.05, 0) is 100.0 Å². The number of likely N-dealkylation sites (tertiary alicyclic amines) is 1. The van der Waals surface area contributed by atoms with E-state index < -0.39 is 28.1 Å². The second-order valence-electron chi connectivity index (χ2n) is 10.2. The van der Waals surface area contributed by atoms with E-state index in [0.29, 0.717) is 11.6 Å². The number of aliphatic carboxylic acids is 1. The van der Waals surface area contributed by atoms with Crippen LogP contribution in [0.4, 0.5) is 24.5 Å². The molecule has 0 saturated carbocycles. The first-order chi connectivity index (χ1) is 18.7. The quantitative estimate of drug-likeness (QED) is 0.425. The van der Waals surface area contributed by atoms with E-state index in [0.717, 1.165) is 62.4 Å². The molecule has 0 amide bonds. The first-order valence-corrected chi connectivity index (χ1v) is 14.4.